The summed E-state index contributed by atoms with van der Waals surface area (Å²) in [6.45, 7) is 0. The number of aromatic amines is 1. The number of hydrogen-bond donors (Lipinski definition) is 2. The van der Waals surface area contributed by atoms with E-state index < -0.39 is 23.3 Å². The summed E-state index contributed by atoms with van der Waals surface area (Å²) < 4.78 is 52.8. The lowest BCUT2D eigenvalue weighted by Gasteiger charge is -2.08. The molecule has 30 heavy (non-hydrogen) atoms. The molecule has 0 fully saturated rings. The number of rotatable bonds is 5. The number of thioether (sulfide) groups is 1. The van der Waals surface area contributed by atoms with Crippen molar-refractivity contribution in [2.75, 3.05) is 5.32 Å². The largest absolute Gasteiger partial charge is 0.338 e. The Balaban J connectivity index is 1.62. The topological polar surface area (TPSA) is 70.7 Å². The number of pyridine rings is 1. The Morgan fingerprint density at radius 2 is 1.93 bits per heavy atom. The van der Waals surface area contributed by atoms with Gasteiger partial charge >= 0.3 is 0 Å². The highest BCUT2D eigenvalue weighted by molar-refractivity contribution is 7.99. The quantitative estimate of drug-likeness (QED) is 0.324. The SMILES string of the molecule is O=C(Nc1ccc2nc(-c3cc(F)ccc3F)[nH]c2c1)c1cccnc1SC(F)F. The van der Waals surface area contributed by atoms with Crippen LogP contribution in [0.3, 0.4) is 0 Å². The van der Waals surface area contributed by atoms with Gasteiger partial charge in [0.2, 0.25) is 0 Å². The first-order valence-electron chi connectivity index (χ1n) is 8.57. The van der Waals surface area contributed by atoms with Crippen LogP contribution in [0, 0.1) is 11.6 Å². The standard InChI is InChI=1S/C20H12F4N4OS/c21-10-3-5-14(22)13(8-10)17-27-15-6-4-11(9-16(15)28-17)26-18(29)12-2-1-7-25-19(12)30-20(23)24/h1-9,20H,(H,26,29)(H,27,28). The number of amides is 1. The molecule has 0 saturated heterocycles. The van der Waals surface area contributed by atoms with Crippen LogP contribution in [0.2, 0.25) is 0 Å². The van der Waals surface area contributed by atoms with Gasteiger partial charge in [-0.2, -0.15) is 8.78 Å². The molecule has 2 aromatic heterocycles. The van der Waals surface area contributed by atoms with E-state index in [0.29, 0.717) is 16.7 Å². The van der Waals surface area contributed by atoms with Crippen LogP contribution in [-0.4, -0.2) is 26.6 Å². The predicted molar refractivity (Wildman–Crippen MR) is 105 cm³/mol. The van der Waals surface area contributed by atoms with E-state index in [4.69, 9.17) is 0 Å². The van der Waals surface area contributed by atoms with Crippen LogP contribution >= 0.6 is 11.8 Å². The maximum absolute atomic E-state index is 14.0. The molecule has 4 rings (SSSR count). The summed E-state index contributed by atoms with van der Waals surface area (Å²) in [7, 11) is 0. The molecule has 5 nitrogen and oxygen atoms in total. The Morgan fingerprint density at radius 3 is 2.73 bits per heavy atom. The average Bonchev–Trinajstić information content (AvgIpc) is 3.13. The van der Waals surface area contributed by atoms with Crippen molar-refractivity contribution < 1.29 is 22.4 Å². The minimum absolute atomic E-state index is 0.00929. The van der Waals surface area contributed by atoms with Gasteiger partial charge in [0, 0.05) is 11.9 Å². The molecule has 152 valence electrons. The van der Waals surface area contributed by atoms with Crippen LogP contribution in [-0.2, 0) is 0 Å². The van der Waals surface area contributed by atoms with Gasteiger partial charge in [-0.25, -0.2) is 18.7 Å². The molecule has 0 unspecified atom stereocenters. The van der Waals surface area contributed by atoms with Gasteiger partial charge in [0.25, 0.3) is 11.7 Å². The van der Waals surface area contributed by atoms with Crippen LogP contribution in [0.5, 0.6) is 0 Å². The molecule has 2 N–H and O–H groups in total. The van der Waals surface area contributed by atoms with Gasteiger partial charge in [-0.3, -0.25) is 4.79 Å². The van der Waals surface area contributed by atoms with Gasteiger partial charge in [-0.05, 0) is 60.3 Å². The maximum atomic E-state index is 14.0. The van der Waals surface area contributed by atoms with E-state index in [9.17, 15) is 22.4 Å². The smallest absolute Gasteiger partial charge is 0.290 e. The van der Waals surface area contributed by atoms with E-state index in [-0.39, 0.29) is 33.7 Å². The lowest BCUT2D eigenvalue weighted by molar-refractivity contribution is 0.102. The van der Waals surface area contributed by atoms with Crippen LogP contribution in [0.1, 0.15) is 10.4 Å². The fourth-order valence-corrected chi connectivity index (χ4v) is 3.41. The van der Waals surface area contributed by atoms with Gasteiger partial charge in [0.05, 0.1) is 22.2 Å². The zero-order chi connectivity index (χ0) is 21.3. The molecule has 0 bridgehead atoms. The van der Waals surface area contributed by atoms with Crippen molar-refractivity contribution >= 4 is 34.4 Å². The Bertz CT molecular complexity index is 1240. The number of imidazole rings is 1. The summed E-state index contributed by atoms with van der Waals surface area (Å²) in [5.74, 6) is -4.43. The minimum Gasteiger partial charge on any atom is -0.338 e. The Labute approximate surface area is 171 Å². The summed E-state index contributed by atoms with van der Waals surface area (Å²) in [6.07, 6.45) is 1.32. The van der Waals surface area contributed by atoms with Gasteiger partial charge in [-0.15, -0.1) is 0 Å². The molecule has 2 heterocycles. The van der Waals surface area contributed by atoms with E-state index in [0.717, 1.165) is 18.2 Å². The van der Waals surface area contributed by atoms with Crippen molar-refractivity contribution in [3.05, 3.63) is 71.9 Å². The second-order valence-electron chi connectivity index (χ2n) is 6.13. The Hall–Kier alpha value is -3.40. The van der Waals surface area contributed by atoms with Gasteiger partial charge in [0.1, 0.15) is 22.5 Å². The number of halogens is 4. The molecular weight excluding hydrogens is 420 g/mol. The third-order valence-electron chi connectivity index (χ3n) is 4.14. The van der Waals surface area contributed by atoms with E-state index in [1.807, 2.05) is 0 Å². The summed E-state index contributed by atoms with van der Waals surface area (Å²) >= 11 is 0.182. The third-order valence-corrected chi connectivity index (χ3v) is 4.87. The van der Waals surface area contributed by atoms with Crippen LogP contribution < -0.4 is 5.32 Å². The van der Waals surface area contributed by atoms with Crippen molar-refractivity contribution in [1.29, 1.82) is 0 Å². The number of nitrogens with one attached hydrogen (secondary N) is 2. The number of anilines is 1. The minimum atomic E-state index is -2.71. The summed E-state index contributed by atoms with van der Waals surface area (Å²) in [5, 5.41) is 2.53. The second-order valence-corrected chi connectivity index (χ2v) is 7.11. The highest BCUT2D eigenvalue weighted by atomic mass is 32.2. The molecule has 0 saturated carbocycles. The maximum Gasteiger partial charge on any atom is 0.290 e. The van der Waals surface area contributed by atoms with Crippen molar-refractivity contribution in [2.24, 2.45) is 0 Å². The van der Waals surface area contributed by atoms with E-state index in [2.05, 4.69) is 20.3 Å². The summed E-state index contributed by atoms with van der Waals surface area (Å²) in [4.78, 5) is 23.5. The van der Waals surface area contributed by atoms with Crippen molar-refractivity contribution in [3.63, 3.8) is 0 Å². The molecule has 0 atom stereocenters. The molecule has 4 aromatic rings. The number of aromatic nitrogens is 3. The van der Waals surface area contributed by atoms with Gasteiger partial charge in [0.15, 0.2) is 0 Å². The predicted octanol–water partition coefficient (Wildman–Crippen LogP) is 5.47. The molecule has 0 aliphatic carbocycles. The van der Waals surface area contributed by atoms with E-state index in [1.54, 1.807) is 18.2 Å². The van der Waals surface area contributed by atoms with Crippen LogP contribution in [0.25, 0.3) is 22.4 Å². The highest BCUT2D eigenvalue weighted by Crippen LogP contribution is 2.28. The normalized spacial score (nSPS) is 11.2. The zero-order valence-corrected chi connectivity index (χ0v) is 15.8. The van der Waals surface area contributed by atoms with Crippen molar-refractivity contribution in [2.45, 2.75) is 10.8 Å². The lowest BCUT2D eigenvalue weighted by Crippen LogP contribution is -2.13. The second kappa shape index (κ2) is 8.15. The molecular formula is C20H12F4N4OS. The number of H-pyrrole nitrogens is 1. The summed E-state index contributed by atoms with van der Waals surface area (Å²) in [5.41, 5.74) is 1.29. The molecule has 0 radical (unpaired) electrons. The van der Waals surface area contributed by atoms with Gasteiger partial charge < -0.3 is 10.3 Å². The molecule has 2 aromatic carbocycles. The fraction of sp³-hybridized carbons (Fsp3) is 0.0500. The molecule has 0 spiro atoms. The first-order valence-corrected chi connectivity index (χ1v) is 9.45. The Morgan fingerprint density at radius 1 is 1.10 bits per heavy atom. The van der Waals surface area contributed by atoms with Crippen molar-refractivity contribution in [1.82, 2.24) is 15.0 Å². The summed E-state index contributed by atoms with van der Waals surface area (Å²) in [6, 6.07) is 10.6. The number of fused-ring (bicyclic) bond motifs is 1. The molecule has 0 aliphatic rings. The average molecular weight is 432 g/mol. The van der Waals surface area contributed by atoms with Crippen molar-refractivity contribution in [3.8, 4) is 11.4 Å². The first kappa shape index (κ1) is 19.9. The lowest BCUT2D eigenvalue weighted by atomic mass is 10.2. The Kier molecular flexibility index (Phi) is 5.40. The number of hydrogen-bond acceptors (Lipinski definition) is 4. The van der Waals surface area contributed by atoms with Crippen LogP contribution in [0.15, 0.2) is 59.8 Å². The third kappa shape index (κ3) is 4.13. The van der Waals surface area contributed by atoms with E-state index >= 15 is 0 Å². The molecule has 1 amide bonds. The number of alkyl halides is 2. The fourth-order valence-electron chi connectivity index (χ4n) is 2.83. The molecule has 0 aliphatic heterocycles. The first-order chi connectivity index (χ1) is 14.4. The highest BCUT2D eigenvalue weighted by Gasteiger charge is 2.17. The number of benzene rings is 2. The zero-order valence-electron chi connectivity index (χ0n) is 15.0. The number of carbonyl (C=O) groups is 1. The van der Waals surface area contributed by atoms with Gasteiger partial charge in [-0.1, -0.05) is 0 Å². The van der Waals surface area contributed by atoms with Crippen LogP contribution in [0.4, 0.5) is 23.2 Å². The van der Waals surface area contributed by atoms with E-state index in [1.165, 1.54) is 18.3 Å². The number of nitrogens with zero attached hydrogens (tertiary/aromatic N) is 2. The number of carbonyl (C=O) groups excluding carboxylic acids is 1. The molecule has 10 heteroatoms. The monoisotopic (exact) mass is 432 g/mol.